The molecule has 678 valence electrons. The molecule has 20 aromatic carbocycles. The van der Waals surface area contributed by atoms with E-state index in [2.05, 4.69) is 440 Å². The number of aromatic nitrogens is 8. The summed E-state index contributed by atoms with van der Waals surface area (Å²) in [6.07, 6.45) is 0. The van der Waals surface area contributed by atoms with Crippen LogP contribution < -0.4 is 0 Å². The van der Waals surface area contributed by atoms with Gasteiger partial charge in [0.05, 0.1) is 69.8 Å². The number of para-hydroxylation sites is 7. The summed E-state index contributed by atoms with van der Waals surface area (Å²) in [6, 6.07) is 162. The Hall–Kier alpha value is -18.3. The maximum absolute atomic E-state index is 6.88. The Kier molecular flexibility index (Phi) is 18.4. The van der Waals surface area contributed by atoms with Gasteiger partial charge in [0.15, 0.2) is 17.5 Å². The first-order chi connectivity index (χ1) is 72.3. The number of fused-ring (bicyclic) bond motifs is 24. The van der Waals surface area contributed by atoms with Gasteiger partial charge < -0.3 is 18.0 Å². The Balaban J connectivity index is 0.493. The normalized spacial score (nSPS) is 12.1. The molecule has 0 N–H and O–H groups in total. The minimum Gasteiger partial charge on any atom is -0.455 e. The molecule has 11 aromatic heterocycles. The molecule has 146 heavy (non-hydrogen) atoms. The van der Waals surface area contributed by atoms with Crippen molar-refractivity contribution in [2.24, 2.45) is 0 Å². The smallest absolute Gasteiger partial charge is 0.160 e. The van der Waals surface area contributed by atoms with E-state index in [-0.39, 0.29) is 0 Å². The molecular formula is C132H74N8O2S4. The zero-order valence-corrected chi connectivity index (χ0v) is 81.0. The molecule has 0 fully saturated rings. The van der Waals surface area contributed by atoms with Gasteiger partial charge in [0.1, 0.15) is 22.3 Å². The molecular weight excluding hydrogens is 1860 g/mol. The third-order valence-electron chi connectivity index (χ3n) is 29.4. The van der Waals surface area contributed by atoms with Crippen LogP contribution in [-0.2, 0) is 0 Å². The summed E-state index contributed by atoms with van der Waals surface area (Å²) >= 11 is 7.08. The molecule has 31 rings (SSSR count). The minimum absolute atomic E-state index is 0.641. The Morgan fingerprint density at radius 2 is 0.473 bits per heavy atom. The monoisotopic (exact) mass is 1930 g/mol. The van der Waals surface area contributed by atoms with Gasteiger partial charge >= 0.3 is 0 Å². The largest absolute Gasteiger partial charge is 0.455 e. The second kappa shape index (κ2) is 32.6. The van der Waals surface area contributed by atoms with Gasteiger partial charge in [0.25, 0.3) is 0 Å². The van der Waals surface area contributed by atoms with Crippen molar-refractivity contribution in [2.45, 2.75) is 0 Å². The van der Waals surface area contributed by atoms with Crippen LogP contribution in [0.1, 0.15) is 0 Å². The van der Waals surface area contributed by atoms with Crippen LogP contribution >= 0.6 is 45.3 Å². The van der Waals surface area contributed by atoms with Crippen LogP contribution in [0.2, 0.25) is 0 Å². The van der Waals surface area contributed by atoms with E-state index in [1.54, 1.807) is 34.0 Å². The van der Waals surface area contributed by atoms with Gasteiger partial charge in [-0.05, 0) is 212 Å². The molecule has 0 atom stereocenters. The number of thiophene rings is 4. The predicted molar refractivity (Wildman–Crippen MR) is 613 cm³/mol. The van der Waals surface area contributed by atoms with Gasteiger partial charge in [-0.25, -0.2) is 29.9 Å². The van der Waals surface area contributed by atoms with Crippen LogP contribution in [0.3, 0.4) is 0 Å². The van der Waals surface area contributed by atoms with E-state index in [1.807, 2.05) is 29.5 Å². The Morgan fingerprint density at radius 3 is 0.986 bits per heavy atom. The number of hydrogen-bond donors (Lipinski definition) is 0. The predicted octanol–water partition coefficient (Wildman–Crippen LogP) is 37.5. The van der Waals surface area contributed by atoms with Crippen molar-refractivity contribution in [3.63, 3.8) is 0 Å². The van der Waals surface area contributed by atoms with Crippen LogP contribution in [0.4, 0.5) is 0 Å². The molecule has 0 radical (unpaired) electrons. The SMILES string of the molecule is c1ccc(-c2ccc3c(c2)c2cc(-c4nc(-c5cccc6c5oc5ccccc56)c5sc6cc(-c7ccc8c(c7)sc7c(-c9nc(-c%10ccc%11c(c%10)c%10ccccc%10n%11-c%10ccccc%10)nc%10c9sc9cc(-c%11cccc(-c%12ccc(-c%13cccc(-c%14cccc(-c%15nc(-c%16cccc%17c%16oc%16ccccc%16%17)c%16sc%17ccccc%17c%16n%15)c%14)c%13)cc%12)c%11)ccc9%10)cccc78)ccc6c5n4)ccc2n3-c2ccccc2)cc1. The standard InChI is InChI=1S/C132H74N8O2S4/c1-4-24-75(25-5-1)83-57-63-110-106(69-83)107-71-89(59-65-111(107)140(110)91-34-8-3-9-35-91)131-134-119-100-62-56-86(74-117(100)145-128(119)122(137-131)103-44-22-41-97-94-38-12-16-48-113(94)142-125(97)103)85-54-60-95-98-42-23-45-104(126(98)144-115(95)72-85)123-129-120(135-132(138-123)88-58-64-109-105(70-88)92-36-10-14-46-108(92)139(109)90-32-6-2-7-33-90)101-61-55-84(73-116(101)146-129)81-29-19-27-79(67-81)77-52-50-76(51-53-77)78-26-18-28-80(66-78)82-30-20-31-87(68-82)130-133-118-99-39-13-17-49-114(99)143-127(118)121(136-130)102-43-21-40-96-93-37-11-15-47-112(93)141-124(96)102/h1-74H. The van der Waals surface area contributed by atoms with E-state index in [1.165, 1.54) is 35.8 Å². The highest BCUT2D eigenvalue weighted by atomic mass is 32.1. The molecule has 0 aliphatic heterocycles. The van der Waals surface area contributed by atoms with Crippen LogP contribution in [-0.4, -0.2) is 39.0 Å². The third-order valence-corrected chi connectivity index (χ3v) is 34.1. The van der Waals surface area contributed by atoms with Crippen molar-refractivity contribution in [1.82, 2.24) is 39.0 Å². The Bertz CT molecular complexity index is 11000. The molecule has 0 aliphatic carbocycles. The van der Waals surface area contributed by atoms with Crippen molar-refractivity contribution in [3.8, 4) is 146 Å². The Labute approximate surface area is 849 Å². The molecule has 0 spiro atoms. The molecule has 0 bridgehead atoms. The maximum Gasteiger partial charge on any atom is 0.160 e. The van der Waals surface area contributed by atoms with Crippen molar-refractivity contribution >= 4 is 214 Å². The summed E-state index contributed by atoms with van der Waals surface area (Å²) in [5.74, 6) is 1.98. The lowest BCUT2D eigenvalue weighted by atomic mass is 9.95. The number of rotatable bonds is 14. The quantitative estimate of drug-likeness (QED) is 0.106. The zero-order valence-electron chi connectivity index (χ0n) is 77.8. The summed E-state index contributed by atoms with van der Waals surface area (Å²) in [5, 5.41) is 14.5. The van der Waals surface area contributed by atoms with Gasteiger partial charge in [-0.15, -0.1) is 45.3 Å². The number of benzene rings is 20. The highest BCUT2D eigenvalue weighted by Crippen LogP contribution is 2.52. The number of hydrogen-bond acceptors (Lipinski definition) is 12. The second-order valence-electron chi connectivity index (χ2n) is 37.7. The first-order valence-corrected chi connectivity index (χ1v) is 52.2. The summed E-state index contributed by atoms with van der Waals surface area (Å²) in [5.41, 5.74) is 34.6. The number of nitrogens with zero attached hydrogens (tertiary/aromatic N) is 8. The topological polar surface area (TPSA) is 113 Å². The van der Waals surface area contributed by atoms with Crippen molar-refractivity contribution in [2.75, 3.05) is 0 Å². The van der Waals surface area contributed by atoms with Gasteiger partial charge in [-0.1, -0.05) is 303 Å². The summed E-state index contributed by atoms with van der Waals surface area (Å²) in [6.45, 7) is 0. The highest BCUT2D eigenvalue weighted by Gasteiger charge is 2.29. The van der Waals surface area contributed by atoms with Crippen LogP contribution in [0.15, 0.2) is 458 Å². The molecule has 0 aliphatic rings. The maximum atomic E-state index is 6.88. The van der Waals surface area contributed by atoms with E-state index in [4.69, 9.17) is 38.7 Å². The van der Waals surface area contributed by atoms with Gasteiger partial charge in [0.2, 0.25) is 0 Å². The first-order valence-electron chi connectivity index (χ1n) is 49.0. The van der Waals surface area contributed by atoms with Crippen molar-refractivity contribution in [1.29, 1.82) is 0 Å². The van der Waals surface area contributed by atoms with Crippen LogP contribution in [0.5, 0.6) is 0 Å². The van der Waals surface area contributed by atoms with E-state index in [9.17, 15) is 0 Å². The fourth-order valence-corrected chi connectivity index (χ4v) is 27.2. The fourth-order valence-electron chi connectivity index (χ4n) is 22.4. The molecule has 11 heterocycles. The molecule has 0 saturated heterocycles. The molecule has 0 saturated carbocycles. The average Bonchev–Trinajstić information content (AvgIpc) is 1.58. The molecule has 10 nitrogen and oxygen atoms in total. The lowest BCUT2D eigenvalue weighted by Gasteiger charge is -2.11. The summed E-state index contributed by atoms with van der Waals surface area (Å²) < 4.78 is 27.1. The van der Waals surface area contributed by atoms with E-state index in [0.717, 1.165) is 261 Å². The van der Waals surface area contributed by atoms with E-state index >= 15 is 0 Å². The van der Waals surface area contributed by atoms with Crippen LogP contribution in [0, 0.1) is 0 Å². The number of furan rings is 2. The van der Waals surface area contributed by atoms with Crippen molar-refractivity contribution < 1.29 is 8.83 Å². The lowest BCUT2D eigenvalue weighted by Crippen LogP contribution is -1.95. The molecule has 31 aromatic rings. The summed E-state index contributed by atoms with van der Waals surface area (Å²) in [7, 11) is 0. The minimum atomic E-state index is 0.641. The molecule has 0 unspecified atom stereocenters. The molecule has 0 amide bonds. The third kappa shape index (κ3) is 13.1. The van der Waals surface area contributed by atoms with Gasteiger partial charge in [-0.3, -0.25) is 0 Å². The first kappa shape index (κ1) is 82.4. The zero-order chi connectivity index (χ0) is 95.5. The van der Waals surface area contributed by atoms with Crippen LogP contribution in [0.25, 0.3) is 315 Å². The fraction of sp³-hybridized carbons (Fsp3) is 0. The van der Waals surface area contributed by atoms with E-state index < -0.39 is 0 Å². The Morgan fingerprint density at radius 1 is 0.171 bits per heavy atom. The lowest BCUT2D eigenvalue weighted by molar-refractivity contribution is 0.669. The highest BCUT2D eigenvalue weighted by molar-refractivity contribution is 7.28. The van der Waals surface area contributed by atoms with Crippen molar-refractivity contribution in [3.05, 3.63) is 449 Å². The average molecular weight is 1930 g/mol. The van der Waals surface area contributed by atoms with Gasteiger partial charge in [0, 0.05) is 138 Å². The second-order valence-corrected chi connectivity index (χ2v) is 42.0. The summed E-state index contributed by atoms with van der Waals surface area (Å²) in [4.78, 5) is 33.8. The van der Waals surface area contributed by atoms with E-state index in [0.29, 0.717) is 17.5 Å². The molecule has 14 heteroatoms. The van der Waals surface area contributed by atoms with Gasteiger partial charge in [-0.2, -0.15) is 0 Å².